The molecule has 1 heterocycles. The van der Waals surface area contributed by atoms with Crippen LogP contribution in [0.3, 0.4) is 0 Å². The largest absolute Gasteiger partial charge is 0.255 e. The molecule has 2 nitrogen and oxygen atoms in total. The lowest BCUT2D eigenvalue weighted by molar-refractivity contribution is 0.654. The topological polar surface area (TPSA) is 15.6 Å². The van der Waals surface area contributed by atoms with Gasteiger partial charge in [0.2, 0.25) is 6.20 Å². The van der Waals surface area contributed by atoms with Gasteiger partial charge in [-0.1, -0.05) is 6.08 Å². The van der Waals surface area contributed by atoms with Crippen LogP contribution in [-0.4, -0.2) is 17.8 Å². The van der Waals surface area contributed by atoms with Gasteiger partial charge in [0.05, 0.1) is 6.54 Å². The highest BCUT2D eigenvalue weighted by Crippen LogP contribution is 1.92. The third-order valence-electron chi connectivity index (χ3n) is 0.833. The number of aliphatic imine (C=N–C) groups is 1. The molecular formula is C6H7N2+. The summed E-state index contributed by atoms with van der Waals surface area (Å²) in [7, 11) is 0. The molecule has 1 aliphatic heterocycles. The van der Waals surface area contributed by atoms with Gasteiger partial charge >= 0.3 is 0 Å². The Kier molecular flexibility index (Phi) is 1.40. The third kappa shape index (κ3) is 0.922. The van der Waals surface area contributed by atoms with E-state index in [1.54, 1.807) is 12.3 Å². The van der Waals surface area contributed by atoms with Crippen molar-refractivity contribution in [3.8, 4) is 0 Å². The van der Waals surface area contributed by atoms with E-state index in [0.717, 1.165) is 6.54 Å². The average Bonchev–Trinajstić information content (AvgIpc) is 2.19. The van der Waals surface area contributed by atoms with Crippen LogP contribution in [0.5, 0.6) is 0 Å². The SMILES string of the molecule is C=CCN1[C+]=NC=C1. The van der Waals surface area contributed by atoms with Gasteiger partial charge < -0.3 is 0 Å². The Morgan fingerprint density at radius 3 is 3.25 bits per heavy atom. The lowest BCUT2D eigenvalue weighted by atomic mass is 10.6. The minimum absolute atomic E-state index is 0.792. The third-order valence-corrected chi connectivity index (χ3v) is 0.833. The Labute approximate surface area is 48.8 Å². The molecule has 0 aromatic carbocycles. The molecule has 0 saturated carbocycles. The normalized spacial score (nSPS) is 14.2. The van der Waals surface area contributed by atoms with E-state index < -0.39 is 0 Å². The molecule has 0 aromatic rings. The van der Waals surface area contributed by atoms with E-state index in [2.05, 4.69) is 17.9 Å². The van der Waals surface area contributed by atoms with Gasteiger partial charge in [-0.15, -0.1) is 6.58 Å². The van der Waals surface area contributed by atoms with E-state index in [0.29, 0.717) is 0 Å². The molecule has 2 heteroatoms. The first kappa shape index (κ1) is 5.01. The zero-order valence-electron chi connectivity index (χ0n) is 4.54. The summed E-state index contributed by atoms with van der Waals surface area (Å²) in [6, 6.07) is 0. The highest BCUT2D eigenvalue weighted by Gasteiger charge is 2.05. The Bertz CT molecular complexity index is 123. The standard InChI is InChI=1S/C6H7N2/c1-2-4-8-5-3-7-6-8/h2-3,5H,1,4H2/q+1. The smallest absolute Gasteiger partial charge is 0.170 e. The van der Waals surface area contributed by atoms with Crippen LogP contribution in [0, 0.1) is 0 Å². The predicted molar refractivity (Wildman–Crippen MR) is 33.5 cm³/mol. The monoisotopic (exact) mass is 107 g/mol. The molecule has 8 heavy (non-hydrogen) atoms. The molecule has 0 N–H and O–H groups in total. The molecule has 0 unspecified atom stereocenters. The first-order valence-electron chi connectivity index (χ1n) is 2.43. The van der Waals surface area contributed by atoms with Gasteiger partial charge in [0, 0.05) is 0 Å². The Morgan fingerprint density at radius 2 is 2.75 bits per heavy atom. The maximum Gasteiger partial charge on any atom is 0.255 e. The average molecular weight is 107 g/mol. The van der Waals surface area contributed by atoms with Crippen molar-refractivity contribution in [3.63, 3.8) is 0 Å². The van der Waals surface area contributed by atoms with E-state index in [9.17, 15) is 0 Å². The number of rotatable bonds is 2. The summed E-state index contributed by atoms with van der Waals surface area (Å²) in [4.78, 5) is 5.56. The van der Waals surface area contributed by atoms with Crippen LogP contribution < -0.4 is 0 Å². The molecule has 40 valence electrons. The zero-order chi connectivity index (χ0) is 5.82. The van der Waals surface area contributed by atoms with E-state index in [4.69, 9.17) is 0 Å². The summed E-state index contributed by atoms with van der Waals surface area (Å²) < 4.78 is 0. The molecule has 0 aliphatic carbocycles. The molecule has 0 radical (unpaired) electrons. The maximum atomic E-state index is 3.73. The van der Waals surface area contributed by atoms with Crippen LogP contribution in [0.4, 0.5) is 0 Å². The quantitative estimate of drug-likeness (QED) is 0.377. The minimum atomic E-state index is 0.792. The summed E-state index contributed by atoms with van der Waals surface area (Å²) >= 11 is 0. The minimum Gasteiger partial charge on any atom is -0.170 e. The second-order valence-corrected chi connectivity index (χ2v) is 1.47. The first-order valence-corrected chi connectivity index (χ1v) is 2.43. The second kappa shape index (κ2) is 2.24. The van der Waals surface area contributed by atoms with Crippen molar-refractivity contribution in [1.29, 1.82) is 0 Å². The summed E-state index contributed by atoms with van der Waals surface area (Å²) in [5, 5.41) is 0. The molecule has 1 aliphatic rings. The van der Waals surface area contributed by atoms with E-state index in [1.165, 1.54) is 0 Å². The van der Waals surface area contributed by atoms with Crippen molar-refractivity contribution in [2.24, 2.45) is 4.99 Å². The van der Waals surface area contributed by atoms with Crippen LogP contribution in [-0.2, 0) is 0 Å². The fraction of sp³-hybridized carbons (Fsp3) is 0.167. The number of hydrogen-bond acceptors (Lipinski definition) is 2. The molecule has 1 rings (SSSR count). The van der Waals surface area contributed by atoms with Gasteiger partial charge in [-0.3, -0.25) is 0 Å². The summed E-state index contributed by atoms with van der Waals surface area (Å²) in [6.07, 6.45) is 8.08. The lowest BCUT2D eigenvalue weighted by Crippen LogP contribution is -2.10. The van der Waals surface area contributed by atoms with Crippen molar-refractivity contribution >= 4 is 6.34 Å². The maximum absolute atomic E-state index is 3.73. The number of hydrogen-bond donors (Lipinski definition) is 0. The predicted octanol–water partition coefficient (Wildman–Crippen LogP) is 0.865. The fourth-order valence-corrected chi connectivity index (χ4v) is 0.495. The Hall–Kier alpha value is -1.14. The summed E-state index contributed by atoms with van der Waals surface area (Å²) in [5.41, 5.74) is 0. The molecule has 0 atom stereocenters. The van der Waals surface area contributed by atoms with E-state index in [1.807, 2.05) is 11.1 Å². The first-order chi connectivity index (χ1) is 3.93. The second-order valence-electron chi connectivity index (χ2n) is 1.47. The van der Waals surface area contributed by atoms with Gasteiger partial charge in [0.25, 0.3) is 6.34 Å². The Morgan fingerprint density at radius 1 is 1.88 bits per heavy atom. The van der Waals surface area contributed by atoms with E-state index in [-0.39, 0.29) is 0 Å². The molecule has 0 aromatic heterocycles. The van der Waals surface area contributed by atoms with Crippen LogP contribution in [0.2, 0.25) is 0 Å². The molecule has 0 bridgehead atoms. The Balaban J connectivity index is 2.37. The van der Waals surface area contributed by atoms with Crippen molar-refractivity contribution < 1.29 is 0 Å². The van der Waals surface area contributed by atoms with Crippen molar-refractivity contribution in [2.45, 2.75) is 0 Å². The molecule has 0 spiro atoms. The fourth-order valence-electron chi connectivity index (χ4n) is 0.495. The molecule has 0 fully saturated rings. The molecule has 0 amide bonds. The van der Waals surface area contributed by atoms with Crippen LogP contribution in [0.15, 0.2) is 30.0 Å². The van der Waals surface area contributed by atoms with E-state index >= 15 is 0 Å². The number of nitrogens with zero attached hydrogens (tertiary/aromatic N) is 2. The van der Waals surface area contributed by atoms with Crippen molar-refractivity contribution in [3.05, 3.63) is 25.1 Å². The van der Waals surface area contributed by atoms with Gasteiger partial charge in [0.1, 0.15) is 0 Å². The highest BCUT2D eigenvalue weighted by atomic mass is 15.2. The molecule has 0 saturated heterocycles. The van der Waals surface area contributed by atoms with Gasteiger partial charge in [-0.2, -0.15) is 4.90 Å². The summed E-state index contributed by atoms with van der Waals surface area (Å²) in [6.45, 7) is 4.36. The van der Waals surface area contributed by atoms with Crippen LogP contribution in [0.1, 0.15) is 0 Å². The lowest BCUT2D eigenvalue weighted by Gasteiger charge is -1.92. The zero-order valence-corrected chi connectivity index (χ0v) is 4.54. The van der Waals surface area contributed by atoms with Crippen LogP contribution in [0.25, 0.3) is 0 Å². The highest BCUT2D eigenvalue weighted by molar-refractivity contribution is 5.60. The van der Waals surface area contributed by atoms with Gasteiger partial charge in [-0.25, -0.2) is 0 Å². The van der Waals surface area contributed by atoms with Gasteiger partial charge in [-0.05, 0) is 4.99 Å². The molecular weight excluding hydrogens is 100 g/mol. The van der Waals surface area contributed by atoms with Crippen LogP contribution >= 0.6 is 0 Å². The van der Waals surface area contributed by atoms with Gasteiger partial charge in [0.15, 0.2) is 6.20 Å². The van der Waals surface area contributed by atoms with Crippen molar-refractivity contribution in [1.82, 2.24) is 4.90 Å². The summed E-state index contributed by atoms with van der Waals surface area (Å²) in [5.74, 6) is 0. The van der Waals surface area contributed by atoms with Crippen molar-refractivity contribution in [2.75, 3.05) is 6.54 Å².